The Balaban J connectivity index is 2.19. The molecule has 1 aliphatic heterocycles. The van der Waals surface area contributed by atoms with E-state index in [4.69, 9.17) is 11.5 Å². The number of aryl methyl sites for hydroxylation is 1. The van der Waals surface area contributed by atoms with Gasteiger partial charge in [0.25, 0.3) is 0 Å². The summed E-state index contributed by atoms with van der Waals surface area (Å²) in [6, 6.07) is 7.17. The molecule has 0 aliphatic carbocycles. The topological polar surface area (TPSA) is 81.1 Å². The first kappa shape index (κ1) is 11.0. The highest BCUT2D eigenvalue weighted by Gasteiger charge is 2.30. The molecule has 0 amide bonds. The number of carbonyl (C=O) groups is 1. The third-order valence-electron chi connectivity index (χ3n) is 2.37. The molecule has 1 aromatic rings. The van der Waals surface area contributed by atoms with E-state index < -0.39 is 6.04 Å². The molecule has 0 spiro atoms. The zero-order valence-electron chi connectivity index (χ0n) is 8.86. The Labute approximate surface area is 98.1 Å². The highest BCUT2D eigenvalue weighted by atomic mass is 32.2. The number of thioether (sulfide) groups is 1. The SMILES string of the molecule is Cc1ccc(NC2=C(N)SC(=O)C2N)cc1. The highest BCUT2D eigenvalue weighted by molar-refractivity contribution is 8.17. The fraction of sp³-hybridized carbons (Fsp3) is 0.182. The number of benzene rings is 1. The fourth-order valence-electron chi connectivity index (χ4n) is 1.43. The summed E-state index contributed by atoms with van der Waals surface area (Å²) in [7, 11) is 0. The first-order valence-electron chi connectivity index (χ1n) is 4.88. The zero-order valence-corrected chi connectivity index (χ0v) is 9.67. The van der Waals surface area contributed by atoms with Gasteiger partial charge in [0, 0.05) is 5.69 Å². The predicted molar refractivity (Wildman–Crippen MR) is 66.6 cm³/mol. The van der Waals surface area contributed by atoms with Crippen molar-refractivity contribution in [1.29, 1.82) is 0 Å². The van der Waals surface area contributed by atoms with Gasteiger partial charge in [-0.2, -0.15) is 0 Å². The van der Waals surface area contributed by atoms with Crippen LogP contribution in [0.2, 0.25) is 0 Å². The molecule has 1 heterocycles. The second-order valence-electron chi connectivity index (χ2n) is 3.67. The first-order valence-corrected chi connectivity index (χ1v) is 5.70. The molecular formula is C11H13N3OS. The molecule has 16 heavy (non-hydrogen) atoms. The van der Waals surface area contributed by atoms with Gasteiger partial charge in [-0.05, 0) is 30.8 Å². The lowest BCUT2D eigenvalue weighted by molar-refractivity contribution is -0.111. The summed E-state index contributed by atoms with van der Waals surface area (Å²) >= 11 is 0.990. The van der Waals surface area contributed by atoms with Crippen molar-refractivity contribution in [3.05, 3.63) is 40.6 Å². The predicted octanol–water partition coefficient (Wildman–Crippen LogP) is 1.14. The van der Waals surface area contributed by atoms with E-state index in [1.165, 1.54) is 5.56 Å². The van der Waals surface area contributed by atoms with E-state index in [2.05, 4.69) is 5.32 Å². The normalized spacial score (nSPS) is 20.4. The van der Waals surface area contributed by atoms with Gasteiger partial charge in [0.05, 0.1) is 10.7 Å². The number of anilines is 1. The van der Waals surface area contributed by atoms with Gasteiger partial charge in [0.2, 0.25) is 5.12 Å². The summed E-state index contributed by atoms with van der Waals surface area (Å²) in [5.74, 6) is 0. The second kappa shape index (κ2) is 4.19. The second-order valence-corrected chi connectivity index (χ2v) is 4.71. The largest absolute Gasteiger partial charge is 0.392 e. The van der Waals surface area contributed by atoms with Crippen LogP contribution in [0.1, 0.15) is 5.56 Å². The van der Waals surface area contributed by atoms with Crippen molar-refractivity contribution < 1.29 is 4.79 Å². The number of carbonyl (C=O) groups excluding carboxylic acids is 1. The average Bonchev–Trinajstić information content (AvgIpc) is 2.48. The minimum Gasteiger partial charge on any atom is -0.392 e. The van der Waals surface area contributed by atoms with E-state index in [9.17, 15) is 4.79 Å². The minimum absolute atomic E-state index is 0.118. The van der Waals surface area contributed by atoms with E-state index in [-0.39, 0.29) is 5.12 Å². The molecule has 84 valence electrons. The standard InChI is InChI=1S/C11H13N3OS/c1-6-2-4-7(5-3-6)14-9-8(12)11(15)16-10(9)13/h2-5,8,14H,12-13H2,1H3. The molecule has 1 unspecified atom stereocenters. The van der Waals surface area contributed by atoms with Crippen molar-refractivity contribution in [3.63, 3.8) is 0 Å². The Hall–Kier alpha value is -1.46. The molecule has 0 aromatic heterocycles. The molecule has 5 N–H and O–H groups in total. The molecule has 0 fully saturated rings. The molecule has 1 aromatic carbocycles. The molecule has 2 rings (SSSR count). The molecular weight excluding hydrogens is 222 g/mol. The monoisotopic (exact) mass is 235 g/mol. The summed E-state index contributed by atoms with van der Waals surface area (Å²) < 4.78 is 0. The first-order chi connectivity index (χ1) is 7.58. The van der Waals surface area contributed by atoms with Crippen LogP contribution in [0.15, 0.2) is 35.0 Å². The Bertz CT molecular complexity index is 453. The maximum absolute atomic E-state index is 11.3. The van der Waals surface area contributed by atoms with Crippen LogP contribution >= 0.6 is 11.8 Å². The molecule has 0 radical (unpaired) electrons. The fourth-order valence-corrected chi connectivity index (χ4v) is 2.18. The van der Waals surface area contributed by atoms with Crippen molar-refractivity contribution in [1.82, 2.24) is 0 Å². The maximum atomic E-state index is 11.3. The van der Waals surface area contributed by atoms with Crippen LogP contribution < -0.4 is 16.8 Å². The Morgan fingerprint density at radius 3 is 2.44 bits per heavy atom. The van der Waals surface area contributed by atoms with Crippen LogP contribution in [0.4, 0.5) is 5.69 Å². The van der Waals surface area contributed by atoms with Crippen molar-refractivity contribution in [2.45, 2.75) is 13.0 Å². The van der Waals surface area contributed by atoms with Crippen LogP contribution in [-0.2, 0) is 4.79 Å². The molecule has 4 nitrogen and oxygen atoms in total. The molecule has 0 saturated carbocycles. The number of nitrogens with one attached hydrogen (secondary N) is 1. The number of rotatable bonds is 2. The van der Waals surface area contributed by atoms with E-state index in [1.54, 1.807) is 0 Å². The van der Waals surface area contributed by atoms with E-state index in [1.807, 2.05) is 31.2 Å². The zero-order chi connectivity index (χ0) is 11.7. The van der Waals surface area contributed by atoms with Crippen LogP contribution in [0.5, 0.6) is 0 Å². The summed E-state index contributed by atoms with van der Waals surface area (Å²) in [4.78, 5) is 11.3. The lowest BCUT2D eigenvalue weighted by Gasteiger charge is -2.11. The van der Waals surface area contributed by atoms with Gasteiger partial charge >= 0.3 is 0 Å². The van der Waals surface area contributed by atoms with Crippen LogP contribution in [0.3, 0.4) is 0 Å². The Morgan fingerprint density at radius 1 is 1.31 bits per heavy atom. The van der Waals surface area contributed by atoms with Gasteiger partial charge in [-0.15, -0.1) is 0 Å². The summed E-state index contributed by atoms with van der Waals surface area (Å²) in [5.41, 5.74) is 14.1. The number of hydrogen-bond acceptors (Lipinski definition) is 5. The lowest BCUT2D eigenvalue weighted by atomic mass is 10.2. The average molecular weight is 235 g/mol. The smallest absolute Gasteiger partial charge is 0.217 e. The Morgan fingerprint density at radius 2 is 1.94 bits per heavy atom. The number of hydrogen-bond donors (Lipinski definition) is 3. The Kier molecular flexibility index (Phi) is 2.89. The van der Waals surface area contributed by atoms with Gasteiger partial charge in [-0.1, -0.05) is 17.7 Å². The summed E-state index contributed by atoms with van der Waals surface area (Å²) in [6.45, 7) is 2.01. The van der Waals surface area contributed by atoms with Crippen molar-refractivity contribution >= 4 is 22.6 Å². The van der Waals surface area contributed by atoms with Gasteiger partial charge < -0.3 is 16.8 Å². The maximum Gasteiger partial charge on any atom is 0.217 e. The molecule has 1 aliphatic rings. The van der Waals surface area contributed by atoms with Crippen LogP contribution in [0, 0.1) is 6.92 Å². The van der Waals surface area contributed by atoms with Crippen LogP contribution in [-0.4, -0.2) is 11.2 Å². The van der Waals surface area contributed by atoms with E-state index in [0.717, 1.165) is 17.4 Å². The van der Waals surface area contributed by atoms with Crippen molar-refractivity contribution in [3.8, 4) is 0 Å². The van der Waals surface area contributed by atoms with E-state index in [0.29, 0.717) is 10.7 Å². The van der Waals surface area contributed by atoms with Crippen molar-refractivity contribution in [2.24, 2.45) is 11.5 Å². The van der Waals surface area contributed by atoms with Gasteiger partial charge in [-0.25, -0.2) is 0 Å². The van der Waals surface area contributed by atoms with Gasteiger partial charge in [0.1, 0.15) is 6.04 Å². The molecule has 0 bridgehead atoms. The summed E-state index contributed by atoms with van der Waals surface area (Å²) in [6.07, 6.45) is 0. The van der Waals surface area contributed by atoms with Crippen LogP contribution in [0.25, 0.3) is 0 Å². The molecule has 0 saturated heterocycles. The van der Waals surface area contributed by atoms with Gasteiger partial charge in [0.15, 0.2) is 0 Å². The third-order valence-corrected chi connectivity index (χ3v) is 3.27. The lowest BCUT2D eigenvalue weighted by Crippen LogP contribution is -2.30. The minimum atomic E-state index is -0.647. The van der Waals surface area contributed by atoms with Gasteiger partial charge in [-0.3, -0.25) is 4.79 Å². The molecule has 5 heteroatoms. The quantitative estimate of drug-likeness (QED) is 0.716. The summed E-state index contributed by atoms with van der Waals surface area (Å²) in [5, 5.41) is 3.42. The highest BCUT2D eigenvalue weighted by Crippen LogP contribution is 2.29. The third kappa shape index (κ3) is 2.05. The van der Waals surface area contributed by atoms with Crippen molar-refractivity contribution in [2.75, 3.05) is 5.32 Å². The molecule has 1 atom stereocenters. The number of nitrogens with two attached hydrogens (primary N) is 2. The van der Waals surface area contributed by atoms with E-state index >= 15 is 0 Å².